The highest BCUT2D eigenvalue weighted by Gasteiger charge is 2.30. The van der Waals surface area contributed by atoms with E-state index in [2.05, 4.69) is 4.98 Å². The minimum atomic E-state index is -4.36. The highest BCUT2D eigenvalue weighted by Crippen LogP contribution is 2.33. The van der Waals surface area contributed by atoms with E-state index in [1.807, 2.05) is 16.7 Å². The van der Waals surface area contributed by atoms with Crippen molar-refractivity contribution in [3.05, 3.63) is 40.4 Å². The number of aromatic nitrogens is 1. The molecule has 1 aromatic carbocycles. The van der Waals surface area contributed by atoms with Crippen LogP contribution in [0.3, 0.4) is 0 Å². The predicted molar refractivity (Wildman–Crippen MR) is 90.5 cm³/mol. The Hall–Kier alpha value is -1.54. The van der Waals surface area contributed by atoms with E-state index in [4.69, 9.17) is 0 Å². The van der Waals surface area contributed by atoms with Gasteiger partial charge in [0.1, 0.15) is 9.88 Å². The van der Waals surface area contributed by atoms with Crippen LogP contribution in [-0.4, -0.2) is 40.4 Å². The molecule has 1 saturated heterocycles. The van der Waals surface area contributed by atoms with E-state index >= 15 is 0 Å². The fraction of sp³-hybridized carbons (Fsp3) is 0.375. The SMILES string of the molecule is Cc1nc(-c2ccc(C(F)(F)F)cc2)sc1C(=O)N1CCSCC1. The zero-order valence-corrected chi connectivity index (χ0v) is 14.5. The summed E-state index contributed by atoms with van der Waals surface area (Å²) < 4.78 is 37.9. The second-order valence-corrected chi connectivity index (χ2v) is 7.64. The molecule has 1 aliphatic heterocycles. The van der Waals surface area contributed by atoms with Gasteiger partial charge < -0.3 is 4.90 Å². The van der Waals surface area contributed by atoms with Crippen LogP contribution in [0.25, 0.3) is 10.6 Å². The summed E-state index contributed by atoms with van der Waals surface area (Å²) >= 11 is 3.06. The van der Waals surface area contributed by atoms with Crippen molar-refractivity contribution in [2.45, 2.75) is 13.1 Å². The van der Waals surface area contributed by atoms with Gasteiger partial charge in [-0.15, -0.1) is 11.3 Å². The average Bonchev–Trinajstić information content (AvgIpc) is 2.96. The Kier molecular flexibility index (Phi) is 4.87. The molecule has 128 valence electrons. The summed E-state index contributed by atoms with van der Waals surface area (Å²) in [4.78, 5) is 19.3. The van der Waals surface area contributed by atoms with Crippen molar-refractivity contribution in [3.8, 4) is 10.6 Å². The number of nitrogens with zero attached hydrogens (tertiary/aromatic N) is 2. The third-order valence-corrected chi connectivity index (χ3v) is 5.89. The van der Waals surface area contributed by atoms with Gasteiger partial charge in [0.25, 0.3) is 5.91 Å². The first-order valence-electron chi connectivity index (χ1n) is 7.38. The van der Waals surface area contributed by atoms with E-state index < -0.39 is 11.7 Å². The first kappa shape index (κ1) is 17.3. The van der Waals surface area contributed by atoms with Crippen LogP contribution >= 0.6 is 23.1 Å². The molecule has 8 heteroatoms. The lowest BCUT2D eigenvalue weighted by molar-refractivity contribution is -0.137. The van der Waals surface area contributed by atoms with Gasteiger partial charge in [-0.25, -0.2) is 4.98 Å². The Morgan fingerprint density at radius 3 is 2.38 bits per heavy atom. The second-order valence-electron chi connectivity index (χ2n) is 5.41. The molecule has 0 radical (unpaired) electrons. The second kappa shape index (κ2) is 6.76. The monoisotopic (exact) mass is 372 g/mol. The molecule has 0 bridgehead atoms. The molecule has 0 spiro atoms. The van der Waals surface area contributed by atoms with Crippen LogP contribution in [0.4, 0.5) is 13.2 Å². The van der Waals surface area contributed by atoms with Crippen LogP contribution in [-0.2, 0) is 6.18 Å². The Balaban J connectivity index is 1.84. The summed E-state index contributed by atoms with van der Waals surface area (Å²) in [5.41, 5.74) is 0.518. The van der Waals surface area contributed by atoms with Crippen molar-refractivity contribution >= 4 is 29.0 Å². The molecule has 24 heavy (non-hydrogen) atoms. The van der Waals surface area contributed by atoms with Crippen LogP contribution in [0.15, 0.2) is 24.3 Å². The molecule has 1 fully saturated rings. The van der Waals surface area contributed by atoms with Crippen LogP contribution in [0.1, 0.15) is 20.9 Å². The van der Waals surface area contributed by atoms with Crippen molar-refractivity contribution in [3.63, 3.8) is 0 Å². The smallest absolute Gasteiger partial charge is 0.336 e. The Morgan fingerprint density at radius 2 is 1.79 bits per heavy atom. The lowest BCUT2D eigenvalue weighted by atomic mass is 10.1. The van der Waals surface area contributed by atoms with Crippen molar-refractivity contribution in [2.24, 2.45) is 0 Å². The molecule has 0 unspecified atom stereocenters. The molecule has 0 saturated carbocycles. The normalized spacial score (nSPS) is 15.6. The Bertz CT molecular complexity index is 735. The predicted octanol–water partition coefficient (Wildman–Crippen LogP) is 4.33. The first-order valence-corrected chi connectivity index (χ1v) is 9.35. The van der Waals surface area contributed by atoms with E-state index in [-0.39, 0.29) is 5.91 Å². The van der Waals surface area contributed by atoms with Crippen molar-refractivity contribution in [1.82, 2.24) is 9.88 Å². The van der Waals surface area contributed by atoms with E-state index in [0.29, 0.717) is 21.1 Å². The van der Waals surface area contributed by atoms with E-state index in [1.54, 1.807) is 6.92 Å². The summed E-state index contributed by atoms with van der Waals surface area (Å²) in [7, 11) is 0. The van der Waals surface area contributed by atoms with Crippen molar-refractivity contribution < 1.29 is 18.0 Å². The molecular formula is C16H15F3N2OS2. The fourth-order valence-electron chi connectivity index (χ4n) is 2.43. The van der Waals surface area contributed by atoms with Gasteiger partial charge in [0.15, 0.2) is 0 Å². The third kappa shape index (κ3) is 3.59. The van der Waals surface area contributed by atoms with Crippen LogP contribution < -0.4 is 0 Å². The molecule has 2 aromatic rings. The topological polar surface area (TPSA) is 33.2 Å². The van der Waals surface area contributed by atoms with Gasteiger partial charge in [-0.2, -0.15) is 24.9 Å². The number of hydrogen-bond acceptors (Lipinski definition) is 4. The van der Waals surface area contributed by atoms with Gasteiger partial charge in [0.2, 0.25) is 0 Å². The largest absolute Gasteiger partial charge is 0.416 e. The maximum absolute atomic E-state index is 12.6. The number of hydrogen-bond donors (Lipinski definition) is 0. The van der Waals surface area contributed by atoms with Crippen LogP contribution in [0.5, 0.6) is 0 Å². The van der Waals surface area contributed by atoms with E-state index in [9.17, 15) is 18.0 Å². The molecule has 1 amide bonds. The van der Waals surface area contributed by atoms with Gasteiger partial charge in [-0.3, -0.25) is 4.79 Å². The summed E-state index contributed by atoms with van der Waals surface area (Å²) in [6.07, 6.45) is -4.36. The highest BCUT2D eigenvalue weighted by atomic mass is 32.2. The number of halogens is 3. The third-order valence-electron chi connectivity index (χ3n) is 3.75. The van der Waals surface area contributed by atoms with E-state index in [1.165, 1.54) is 23.5 Å². The summed E-state index contributed by atoms with van der Waals surface area (Å²) in [5, 5.41) is 0.566. The van der Waals surface area contributed by atoms with Gasteiger partial charge in [0, 0.05) is 30.2 Å². The number of thioether (sulfide) groups is 1. The number of aryl methyl sites for hydroxylation is 1. The number of amides is 1. The maximum Gasteiger partial charge on any atom is 0.416 e. The summed E-state index contributed by atoms with van der Waals surface area (Å²) in [6.45, 7) is 3.20. The fourth-order valence-corrected chi connectivity index (χ4v) is 4.37. The lowest BCUT2D eigenvalue weighted by Gasteiger charge is -2.25. The van der Waals surface area contributed by atoms with Gasteiger partial charge in [-0.05, 0) is 19.1 Å². The van der Waals surface area contributed by atoms with Crippen molar-refractivity contribution in [2.75, 3.05) is 24.6 Å². The molecule has 0 aliphatic carbocycles. The summed E-state index contributed by atoms with van der Waals surface area (Å²) in [5.74, 6) is 1.81. The number of carbonyl (C=O) groups is 1. The standard InChI is InChI=1S/C16H15F3N2OS2/c1-10-13(15(22)21-6-8-23-9-7-21)24-14(20-10)11-2-4-12(5-3-11)16(17,18)19/h2-5H,6-9H2,1H3. The number of rotatable bonds is 2. The number of thiazole rings is 1. The molecular weight excluding hydrogens is 357 g/mol. The molecule has 1 aromatic heterocycles. The molecule has 0 atom stereocenters. The highest BCUT2D eigenvalue weighted by molar-refractivity contribution is 7.99. The number of benzene rings is 1. The molecule has 3 rings (SSSR count). The zero-order valence-electron chi connectivity index (χ0n) is 12.9. The summed E-state index contributed by atoms with van der Waals surface area (Å²) in [6, 6.07) is 4.87. The molecule has 0 N–H and O–H groups in total. The minimum absolute atomic E-state index is 0.0385. The first-order chi connectivity index (χ1) is 11.4. The van der Waals surface area contributed by atoms with Crippen LogP contribution in [0, 0.1) is 6.92 Å². The van der Waals surface area contributed by atoms with Gasteiger partial charge in [0.05, 0.1) is 11.3 Å². The molecule has 1 aliphatic rings. The van der Waals surface area contributed by atoms with Crippen molar-refractivity contribution in [1.29, 1.82) is 0 Å². The number of alkyl halides is 3. The number of carbonyl (C=O) groups excluding carboxylic acids is 1. The molecule has 3 nitrogen and oxygen atoms in total. The lowest BCUT2D eigenvalue weighted by Crippen LogP contribution is -2.37. The zero-order chi connectivity index (χ0) is 17.3. The quantitative estimate of drug-likeness (QED) is 0.787. The van der Waals surface area contributed by atoms with Crippen LogP contribution in [0.2, 0.25) is 0 Å². The van der Waals surface area contributed by atoms with E-state index in [0.717, 1.165) is 36.7 Å². The minimum Gasteiger partial charge on any atom is -0.336 e. The Morgan fingerprint density at radius 1 is 1.17 bits per heavy atom. The Labute approximate surface area is 145 Å². The maximum atomic E-state index is 12.6. The molecule has 2 heterocycles. The van der Waals surface area contributed by atoms with Gasteiger partial charge in [-0.1, -0.05) is 12.1 Å². The van der Waals surface area contributed by atoms with Gasteiger partial charge >= 0.3 is 6.18 Å². The average molecular weight is 372 g/mol.